The average molecular weight is 407 g/mol. The largest absolute Gasteiger partial charge is 0.457 e. The molecule has 2 heterocycles. The lowest BCUT2D eigenvalue weighted by Gasteiger charge is -2.09. The molecule has 8 heteroatoms. The minimum Gasteiger partial charge on any atom is -0.457 e. The molecule has 0 aliphatic carbocycles. The molecular weight excluding hydrogens is 390 g/mol. The number of rotatable bonds is 6. The van der Waals surface area contributed by atoms with Crippen molar-refractivity contribution in [2.24, 2.45) is 0 Å². The maximum Gasteiger partial charge on any atom is 0.178 e. The fourth-order valence-electron chi connectivity index (χ4n) is 2.87. The van der Waals surface area contributed by atoms with Gasteiger partial charge in [0.25, 0.3) is 0 Å². The van der Waals surface area contributed by atoms with Gasteiger partial charge >= 0.3 is 0 Å². The smallest absolute Gasteiger partial charge is 0.178 e. The van der Waals surface area contributed by atoms with E-state index in [-0.39, 0.29) is 10.6 Å². The van der Waals surface area contributed by atoms with E-state index in [9.17, 15) is 13.2 Å². The Morgan fingerprint density at radius 2 is 1.90 bits per heavy atom. The monoisotopic (exact) mass is 407 g/mol. The number of carbonyl (C=O) groups is 1. The highest BCUT2D eigenvalue weighted by atomic mass is 32.2. The van der Waals surface area contributed by atoms with Gasteiger partial charge in [-0.3, -0.25) is 9.78 Å². The number of carbonyl (C=O) groups excluding carboxylic acids is 1. The number of benzene rings is 2. The standard InChI is InChI=1S/C21H17N3O4S/c1-2-29(26,27)16-8-6-15(7-9-16)28-20-12-19-18(11-14(20)13-25)23-21(24-19)17-5-3-4-10-22-17/h3-13H,2H2,1H3,(H,23,24). The molecule has 0 spiro atoms. The van der Waals surface area contributed by atoms with Crippen LogP contribution in [0.25, 0.3) is 22.6 Å². The zero-order valence-electron chi connectivity index (χ0n) is 15.5. The first kappa shape index (κ1) is 18.8. The summed E-state index contributed by atoms with van der Waals surface area (Å²) in [5.41, 5.74) is 2.33. The van der Waals surface area contributed by atoms with Gasteiger partial charge in [0, 0.05) is 12.3 Å². The second-order valence-corrected chi connectivity index (χ2v) is 8.58. The van der Waals surface area contributed by atoms with Crippen LogP contribution in [-0.4, -0.2) is 35.4 Å². The Hall–Kier alpha value is -3.52. The van der Waals surface area contributed by atoms with Crippen LogP contribution in [0.5, 0.6) is 11.5 Å². The fraction of sp³-hybridized carbons (Fsp3) is 0.0952. The molecule has 1 N–H and O–H groups in total. The Morgan fingerprint density at radius 1 is 1.10 bits per heavy atom. The Bertz CT molecular complexity index is 1280. The molecule has 0 radical (unpaired) electrons. The van der Waals surface area contributed by atoms with Crippen LogP contribution in [0.4, 0.5) is 0 Å². The molecule has 0 aliphatic rings. The highest BCUT2D eigenvalue weighted by molar-refractivity contribution is 7.91. The van der Waals surface area contributed by atoms with Crippen LogP contribution in [0.1, 0.15) is 17.3 Å². The van der Waals surface area contributed by atoms with Crippen molar-refractivity contribution in [3.63, 3.8) is 0 Å². The highest BCUT2D eigenvalue weighted by Crippen LogP contribution is 2.30. The molecular formula is C21H17N3O4S. The number of nitrogens with one attached hydrogen (secondary N) is 1. The van der Waals surface area contributed by atoms with Gasteiger partial charge in [-0.05, 0) is 42.5 Å². The summed E-state index contributed by atoms with van der Waals surface area (Å²) < 4.78 is 29.7. The van der Waals surface area contributed by atoms with Gasteiger partial charge in [0.2, 0.25) is 0 Å². The molecule has 4 aromatic rings. The molecule has 0 fully saturated rings. The first-order chi connectivity index (χ1) is 14.0. The van der Waals surface area contributed by atoms with Crippen molar-refractivity contribution >= 4 is 27.2 Å². The van der Waals surface area contributed by atoms with Crippen LogP contribution in [0.3, 0.4) is 0 Å². The molecule has 0 saturated carbocycles. The van der Waals surface area contributed by atoms with Gasteiger partial charge in [-0.1, -0.05) is 13.0 Å². The summed E-state index contributed by atoms with van der Waals surface area (Å²) in [7, 11) is -3.28. The van der Waals surface area contributed by atoms with E-state index in [1.54, 1.807) is 37.4 Å². The van der Waals surface area contributed by atoms with Crippen molar-refractivity contribution in [1.29, 1.82) is 0 Å². The Kier molecular flexibility index (Phi) is 4.85. The molecule has 7 nitrogen and oxygen atoms in total. The van der Waals surface area contributed by atoms with Crippen molar-refractivity contribution in [3.8, 4) is 23.0 Å². The molecule has 0 aliphatic heterocycles. The second-order valence-electron chi connectivity index (χ2n) is 6.30. The maximum absolute atomic E-state index is 11.9. The van der Waals surface area contributed by atoms with E-state index in [0.717, 1.165) is 0 Å². The van der Waals surface area contributed by atoms with E-state index in [1.165, 1.54) is 12.1 Å². The molecule has 0 bridgehead atoms. The van der Waals surface area contributed by atoms with Crippen LogP contribution < -0.4 is 4.74 Å². The van der Waals surface area contributed by atoms with Crippen molar-refractivity contribution in [1.82, 2.24) is 15.0 Å². The van der Waals surface area contributed by atoms with Crippen LogP contribution in [-0.2, 0) is 9.84 Å². The van der Waals surface area contributed by atoms with Gasteiger partial charge in [-0.2, -0.15) is 0 Å². The topological polar surface area (TPSA) is 102 Å². The predicted molar refractivity (Wildman–Crippen MR) is 109 cm³/mol. The Labute approximate surface area is 167 Å². The number of aldehydes is 1. The number of hydrogen-bond acceptors (Lipinski definition) is 6. The number of hydrogen-bond donors (Lipinski definition) is 1. The molecule has 2 aromatic carbocycles. The summed E-state index contributed by atoms with van der Waals surface area (Å²) in [6.45, 7) is 1.59. The Balaban J connectivity index is 1.69. The molecule has 0 atom stereocenters. The summed E-state index contributed by atoms with van der Waals surface area (Å²) in [6.07, 6.45) is 2.37. The maximum atomic E-state index is 11.9. The van der Waals surface area contributed by atoms with Gasteiger partial charge in [0.1, 0.15) is 17.2 Å². The van der Waals surface area contributed by atoms with E-state index in [4.69, 9.17) is 4.74 Å². The highest BCUT2D eigenvalue weighted by Gasteiger charge is 2.14. The third-order valence-electron chi connectivity index (χ3n) is 4.44. The number of fused-ring (bicyclic) bond motifs is 1. The van der Waals surface area contributed by atoms with Crippen LogP contribution in [0.15, 0.2) is 65.7 Å². The normalized spacial score (nSPS) is 11.5. The molecule has 0 saturated heterocycles. The number of H-pyrrole nitrogens is 1. The lowest BCUT2D eigenvalue weighted by atomic mass is 10.2. The van der Waals surface area contributed by atoms with E-state index in [1.807, 2.05) is 18.2 Å². The lowest BCUT2D eigenvalue weighted by molar-refractivity contribution is 0.112. The van der Waals surface area contributed by atoms with Crippen molar-refractivity contribution in [3.05, 3.63) is 66.4 Å². The van der Waals surface area contributed by atoms with Gasteiger partial charge in [0.05, 0.1) is 27.2 Å². The van der Waals surface area contributed by atoms with Crippen molar-refractivity contribution in [2.45, 2.75) is 11.8 Å². The quantitative estimate of drug-likeness (QED) is 0.484. The molecule has 2 aromatic heterocycles. The second kappa shape index (κ2) is 7.48. The van der Waals surface area contributed by atoms with E-state index < -0.39 is 9.84 Å². The lowest BCUT2D eigenvalue weighted by Crippen LogP contribution is -2.03. The first-order valence-electron chi connectivity index (χ1n) is 8.91. The minimum atomic E-state index is -3.28. The number of imidazole rings is 1. The van der Waals surface area contributed by atoms with Crippen LogP contribution in [0, 0.1) is 0 Å². The number of ether oxygens (including phenoxy) is 1. The summed E-state index contributed by atoms with van der Waals surface area (Å²) >= 11 is 0. The van der Waals surface area contributed by atoms with E-state index in [2.05, 4.69) is 15.0 Å². The van der Waals surface area contributed by atoms with Crippen molar-refractivity contribution < 1.29 is 17.9 Å². The van der Waals surface area contributed by atoms with Crippen LogP contribution >= 0.6 is 0 Å². The summed E-state index contributed by atoms with van der Waals surface area (Å²) in [5, 5.41) is 0. The zero-order valence-corrected chi connectivity index (χ0v) is 16.3. The Morgan fingerprint density at radius 3 is 2.55 bits per heavy atom. The van der Waals surface area contributed by atoms with E-state index in [0.29, 0.717) is 45.9 Å². The molecule has 146 valence electrons. The van der Waals surface area contributed by atoms with Gasteiger partial charge in [-0.25, -0.2) is 13.4 Å². The van der Waals surface area contributed by atoms with Gasteiger partial charge in [-0.15, -0.1) is 0 Å². The summed E-state index contributed by atoms with van der Waals surface area (Å²) in [5.74, 6) is 1.38. The molecule has 4 rings (SSSR count). The average Bonchev–Trinajstić information content (AvgIpc) is 3.17. The van der Waals surface area contributed by atoms with Crippen molar-refractivity contribution in [2.75, 3.05) is 5.75 Å². The van der Waals surface area contributed by atoms with Gasteiger partial charge in [0.15, 0.2) is 21.9 Å². The fourth-order valence-corrected chi connectivity index (χ4v) is 3.75. The predicted octanol–water partition coefficient (Wildman–Crippen LogP) is 4.02. The number of pyridine rings is 1. The number of nitrogens with zero attached hydrogens (tertiary/aromatic N) is 2. The third-order valence-corrected chi connectivity index (χ3v) is 6.19. The first-order valence-corrected chi connectivity index (χ1v) is 10.6. The minimum absolute atomic E-state index is 0.0254. The molecule has 0 unspecified atom stereocenters. The number of aromatic amines is 1. The zero-order chi connectivity index (χ0) is 20.4. The van der Waals surface area contributed by atoms with Crippen LogP contribution in [0.2, 0.25) is 0 Å². The number of aromatic nitrogens is 3. The van der Waals surface area contributed by atoms with E-state index >= 15 is 0 Å². The third kappa shape index (κ3) is 3.74. The summed E-state index contributed by atoms with van der Waals surface area (Å²) in [6, 6.07) is 14.9. The summed E-state index contributed by atoms with van der Waals surface area (Å²) in [4.78, 5) is 23.7. The van der Waals surface area contributed by atoms with Gasteiger partial charge < -0.3 is 9.72 Å². The SMILES string of the molecule is CCS(=O)(=O)c1ccc(Oc2cc3[nH]c(-c4ccccn4)nc3cc2C=O)cc1. The number of sulfone groups is 1. The molecule has 0 amide bonds. The molecule has 29 heavy (non-hydrogen) atoms.